The van der Waals surface area contributed by atoms with Gasteiger partial charge < -0.3 is 19.7 Å². The van der Waals surface area contributed by atoms with Crippen LogP contribution in [0.1, 0.15) is 6.92 Å². The van der Waals surface area contributed by atoms with Gasteiger partial charge in [0.2, 0.25) is 11.8 Å². The molecule has 4 rings (SSSR count). The number of benzene rings is 2. The Morgan fingerprint density at radius 3 is 2.34 bits per heavy atom. The van der Waals surface area contributed by atoms with Crippen LogP contribution in [0.25, 0.3) is 20.5 Å². The highest BCUT2D eigenvalue weighted by atomic mass is 32.1. The molecule has 0 radical (unpaired) electrons. The molecule has 29 heavy (non-hydrogen) atoms. The minimum atomic E-state index is -0.519. The lowest BCUT2D eigenvalue weighted by Crippen LogP contribution is -2.12. The number of hydrogen-bond donors (Lipinski definition) is 2. The Hall–Kier alpha value is -3.45. The number of carbonyl (C=O) groups excluding carboxylic acids is 1. The molecule has 7 heteroatoms. The van der Waals surface area contributed by atoms with E-state index < -0.39 is 5.97 Å². The van der Waals surface area contributed by atoms with Gasteiger partial charge in [-0.1, -0.05) is 18.2 Å². The number of nitrogens with zero attached hydrogens (tertiary/aromatic N) is 1. The maximum atomic E-state index is 11.7. The predicted molar refractivity (Wildman–Crippen MR) is 112 cm³/mol. The zero-order valence-corrected chi connectivity index (χ0v) is 16.5. The van der Waals surface area contributed by atoms with Crippen molar-refractivity contribution in [3.63, 3.8) is 0 Å². The zero-order chi connectivity index (χ0) is 20.4. The first-order chi connectivity index (χ1) is 14.1. The van der Waals surface area contributed by atoms with Crippen LogP contribution in [0.2, 0.25) is 0 Å². The van der Waals surface area contributed by atoms with Crippen LogP contribution in [0.4, 0.5) is 0 Å². The average molecular weight is 409 g/mol. The molecular formula is C22H19NO5S. The molecule has 0 saturated carbocycles. The second kappa shape index (κ2) is 7.89. The summed E-state index contributed by atoms with van der Waals surface area (Å²) in [5, 5.41) is 21.4. The number of para-hydroxylation sites is 1. The van der Waals surface area contributed by atoms with E-state index in [1.165, 1.54) is 11.3 Å². The van der Waals surface area contributed by atoms with Crippen molar-refractivity contribution >= 4 is 27.4 Å². The third-order valence-corrected chi connectivity index (χ3v) is 5.58. The Labute approximate surface area is 171 Å². The minimum Gasteiger partial charge on any atom is -0.494 e. The van der Waals surface area contributed by atoms with Gasteiger partial charge >= 0.3 is 5.97 Å². The lowest BCUT2D eigenvalue weighted by molar-refractivity contribution is -0.144. The molecule has 148 valence electrons. The summed E-state index contributed by atoms with van der Waals surface area (Å²) in [6.45, 7) is 1.70. The molecule has 0 saturated heterocycles. The molecule has 0 aliphatic carbocycles. The number of aromatic nitrogens is 1. The summed E-state index contributed by atoms with van der Waals surface area (Å²) in [6, 6.07) is 18.9. The first kappa shape index (κ1) is 18.9. The molecule has 2 heterocycles. The van der Waals surface area contributed by atoms with Crippen LogP contribution in [0, 0.1) is 0 Å². The summed E-state index contributed by atoms with van der Waals surface area (Å²) < 4.78 is 12.4. The van der Waals surface area contributed by atoms with Gasteiger partial charge in [0, 0.05) is 4.88 Å². The Morgan fingerprint density at radius 1 is 1.00 bits per heavy atom. The number of ether oxygens (including phenoxy) is 2. The molecule has 0 aliphatic rings. The number of fused-ring (bicyclic) bond motifs is 1. The lowest BCUT2D eigenvalue weighted by atomic mass is 10.2. The standard InChI is InChI=1S/C22H19NO5S/c1-2-27-19(24)13-23-21(25)17-12-18(29-20(17)22(23)26)14-8-10-16(11-9-14)28-15-6-4-3-5-7-15/h3-12,25-26H,2,13H2,1H3. The Balaban J connectivity index is 1.58. The molecule has 2 N–H and O–H groups in total. The van der Waals surface area contributed by atoms with Crippen molar-refractivity contribution in [2.45, 2.75) is 13.5 Å². The highest BCUT2D eigenvalue weighted by molar-refractivity contribution is 7.22. The van der Waals surface area contributed by atoms with Gasteiger partial charge in [0.1, 0.15) is 22.7 Å². The van der Waals surface area contributed by atoms with Crippen LogP contribution in [-0.4, -0.2) is 27.4 Å². The SMILES string of the molecule is CCOC(=O)Cn1c(O)c2cc(-c3ccc(Oc4ccccc4)cc3)sc2c1O. The van der Waals surface area contributed by atoms with Crippen molar-refractivity contribution in [2.24, 2.45) is 0 Å². The maximum Gasteiger partial charge on any atom is 0.326 e. The fourth-order valence-corrected chi connectivity index (χ4v) is 4.14. The number of thiophene rings is 1. The highest BCUT2D eigenvalue weighted by Crippen LogP contribution is 2.45. The summed E-state index contributed by atoms with van der Waals surface area (Å²) >= 11 is 1.34. The van der Waals surface area contributed by atoms with E-state index in [4.69, 9.17) is 9.47 Å². The number of carbonyl (C=O) groups is 1. The zero-order valence-electron chi connectivity index (χ0n) is 15.7. The van der Waals surface area contributed by atoms with E-state index in [9.17, 15) is 15.0 Å². The third kappa shape index (κ3) is 3.77. The van der Waals surface area contributed by atoms with Gasteiger partial charge in [0.25, 0.3) is 0 Å². The van der Waals surface area contributed by atoms with Crippen LogP contribution in [-0.2, 0) is 16.1 Å². The summed E-state index contributed by atoms with van der Waals surface area (Å²) in [6.07, 6.45) is 0. The minimum absolute atomic E-state index is 0.147. The summed E-state index contributed by atoms with van der Waals surface area (Å²) in [5.74, 6) is 0.655. The molecule has 6 nitrogen and oxygen atoms in total. The predicted octanol–water partition coefficient (Wildman–Crippen LogP) is 5.14. The molecule has 0 bridgehead atoms. The molecule has 0 spiro atoms. The van der Waals surface area contributed by atoms with Crippen molar-refractivity contribution in [3.8, 4) is 33.7 Å². The second-order valence-electron chi connectivity index (χ2n) is 6.33. The van der Waals surface area contributed by atoms with Crippen LogP contribution in [0.15, 0.2) is 60.7 Å². The van der Waals surface area contributed by atoms with Crippen LogP contribution < -0.4 is 4.74 Å². The normalized spacial score (nSPS) is 10.9. The first-order valence-electron chi connectivity index (χ1n) is 9.09. The third-order valence-electron chi connectivity index (χ3n) is 4.40. The fourth-order valence-electron chi connectivity index (χ4n) is 3.03. The van der Waals surface area contributed by atoms with Crippen LogP contribution >= 0.6 is 11.3 Å². The fraction of sp³-hybridized carbons (Fsp3) is 0.136. The van der Waals surface area contributed by atoms with E-state index in [-0.39, 0.29) is 24.9 Å². The molecule has 0 atom stereocenters. The maximum absolute atomic E-state index is 11.7. The largest absolute Gasteiger partial charge is 0.494 e. The quantitative estimate of drug-likeness (QED) is 0.431. The van der Waals surface area contributed by atoms with Gasteiger partial charge in [-0.15, -0.1) is 11.3 Å². The van der Waals surface area contributed by atoms with Crippen LogP contribution in [0.3, 0.4) is 0 Å². The molecule has 2 aromatic carbocycles. The van der Waals surface area contributed by atoms with Crippen molar-refractivity contribution in [3.05, 3.63) is 60.7 Å². The highest BCUT2D eigenvalue weighted by Gasteiger charge is 2.21. The second-order valence-corrected chi connectivity index (χ2v) is 7.38. The van der Waals surface area contributed by atoms with E-state index in [2.05, 4.69) is 0 Å². The van der Waals surface area contributed by atoms with E-state index in [1.54, 1.807) is 13.0 Å². The number of rotatable bonds is 6. The van der Waals surface area contributed by atoms with Crippen molar-refractivity contribution in [1.29, 1.82) is 0 Å². The number of esters is 1. The molecule has 4 aromatic rings. The Morgan fingerprint density at radius 2 is 1.69 bits per heavy atom. The van der Waals surface area contributed by atoms with E-state index in [1.807, 2.05) is 54.6 Å². The van der Waals surface area contributed by atoms with E-state index in [0.717, 1.165) is 20.8 Å². The van der Waals surface area contributed by atoms with Crippen LogP contribution in [0.5, 0.6) is 23.3 Å². The molecule has 0 aliphatic heterocycles. The van der Waals surface area contributed by atoms with Gasteiger partial charge in [-0.25, -0.2) is 0 Å². The molecule has 2 aromatic heterocycles. The lowest BCUT2D eigenvalue weighted by Gasteiger charge is -2.07. The van der Waals surface area contributed by atoms with Gasteiger partial charge in [0.05, 0.1) is 12.0 Å². The van der Waals surface area contributed by atoms with Gasteiger partial charge in [-0.2, -0.15) is 0 Å². The first-order valence-corrected chi connectivity index (χ1v) is 9.91. The molecule has 0 unspecified atom stereocenters. The molecular weight excluding hydrogens is 390 g/mol. The Bertz CT molecular complexity index is 1110. The average Bonchev–Trinajstić information content (AvgIpc) is 3.25. The number of aromatic hydroxyl groups is 2. The van der Waals surface area contributed by atoms with Gasteiger partial charge in [-0.3, -0.25) is 9.36 Å². The van der Waals surface area contributed by atoms with Crippen molar-refractivity contribution in [1.82, 2.24) is 4.57 Å². The summed E-state index contributed by atoms with van der Waals surface area (Å²) in [4.78, 5) is 12.6. The van der Waals surface area contributed by atoms with Gasteiger partial charge in [0.15, 0.2) is 0 Å². The topological polar surface area (TPSA) is 80.9 Å². The molecule has 0 amide bonds. The Kier molecular flexibility index (Phi) is 5.14. The number of hydrogen-bond acceptors (Lipinski definition) is 6. The van der Waals surface area contributed by atoms with Gasteiger partial charge in [-0.05, 0) is 55.0 Å². The summed E-state index contributed by atoms with van der Waals surface area (Å²) in [7, 11) is 0. The molecule has 0 fully saturated rings. The van der Waals surface area contributed by atoms with Crippen molar-refractivity contribution < 1.29 is 24.5 Å². The smallest absolute Gasteiger partial charge is 0.326 e. The van der Waals surface area contributed by atoms with E-state index in [0.29, 0.717) is 15.8 Å². The monoisotopic (exact) mass is 409 g/mol. The van der Waals surface area contributed by atoms with E-state index >= 15 is 0 Å². The summed E-state index contributed by atoms with van der Waals surface area (Å²) in [5.41, 5.74) is 0.933. The van der Waals surface area contributed by atoms with Crippen molar-refractivity contribution in [2.75, 3.05) is 6.61 Å².